The van der Waals surface area contributed by atoms with Gasteiger partial charge in [-0.25, -0.2) is 0 Å². The summed E-state index contributed by atoms with van der Waals surface area (Å²) in [6, 6.07) is 7.95. The zero-order valence-corrected chi connectivity index (χ0v) is 10.5. The normalized spacial score (nSPS) is 12.4. The molecule has 17 heavy (non-hydrogen) atoms. The van der Waals surface area contributed by atoms with Gasteiger partial charge in [0.2, 0.25) is 0 Å². The second-order valence-electron chi connectivity index (χ2n) is 4.30. The van der Waals surface area contributed by atoms with Gasteiger partial charge in [-0.2, -0.15) is 0 Å². The molecular weight excluding hydrogens is 216 g/mol. The molecule has 0 aliphatic heterocycles. The maximum Gasteiger partial charge on any atom is 0.306 e. The number of methoxy groups -OCH3 is 1. The molecule has 0 spiro atoms. The molecule has 1 N–H and O–H groups in total. The Morgan fingerprint density at radius 3 is 2.71 bits per heavy atom. The number of carboxylic acids is 1. The SMILES string of the molecule is COCCCC(Cc1ccccc1C)C(=O)O. The van der Waals surface area contributed by atoms with Crippen LogP contribution >= 0.6 is 0 Å². The third-order valence-electron chi connectivity index (χ3n) is 2.98. The smallest absolute Gasteiger partial charge is 0.306 e. The summed E-state index contributed by atoms with van der Waals surface area (Å²) in [4.78, 5) is 11.2. The van der Waals surface area contributed by atoms with Crippen LogP contribution in [0, 0.1) is 12.8 Å². The molecule has 1 rings (SSSR count). The van der Waals surface area contributed by atoms with Crippen LogP contribution in [0.3, 0.4) is 0 Å². The van der Waals surface area contributed by atoms with Crippen molar-refractivity contribution in [2.24, 2.45) is 5.92 Å². The molecule has 94 valence electrons. The standard InChI is InChI=1S/C14H20O3/c1-11-6-3-4-7-12(11)10-13(14(15)16)8-5-9-17-2/h3-4,6-7,13H,5,8-10H2,1-2H3,(H,15,16). The third kappa shape index (κ3) is 4.57. The topological polar surface area (TPSA) is 46.5 Å². The fraction of sp³-hybridized carbons (Fsp3) is 0.500. The van der Waals surface area contributed by atoms with Gasteiger partial charge in [0.05, 0.1) is 5.92 Å². The van der Waals surface area contributed by atoms with Crippen molar-refractivity contribution in [3.63, 3.8) is 0 Å². The van der Waals surface area contributed by atoms with Crippen LogP contribution in [0.4, 0.5) is 0 Å². The molecule has 0 fully saturated rings. The number of carboxylic acid groups (broad SMARTS) is 1. The molecule has 0 bridgehead atoms. The van der Waals surface area contributed by atoms with E-state index in [0.29, 0.717) is 19.4 Å². The molecule has 1 atom stereocenters. The number of ether oxygens (including phenoxy) is 1. The molecule has 0 aromatic heterocycles. The summed E-state index contributed by atoms with van der Waals surface area (Å²) in [5.41, 5.74) is 2.28. The minimum atomic E-state index is -0.718. The van der Waals surface area contributed by atoms with Crippen LogP contribution in [-0.4, -0.2) is 24.8 Å². The summed E-state index contributed by atoms with van der Waals surface area (Å²) in [6.45, 7) is 2.64. The Labute approximate surface area is 102 Å². The Bertz CT molecular complexity index is 360. The number of benzene rings is 1. The highest BCUT2D eigenvalue weighted by Gasteiger charge is 2.18. The summed E-state index contributed by atoms with van der Waals surface area (Å²) in [5, 5.41) is 9.18. The van der Waals surface area contributed by atoms with Crippen LogP contribution in [0.15, 0.2) is 24.3 Å². The van der Waals surface area contributed by atoms with E-state index in [1.54, 1.807) is 7.11 Å². The predicted octanol–water partition coefficient (Wildman–Crippen LogP) is 2.66. The van der Waals surface area contributed by atoms with Crippen molar-refractivity contribution in [2.45, 2.75) is 26.2 Å². The lowest BCUT2D eigenvalue weighted by Crippen LogP contribution is -2.17. The minimum absolute atomic E-state index is 0.314. The molecule has 1 aromatic rings. The molecule has 0 aliphatic carbocycles. The van der Waals surface area contributed by atoms with Crippen molar-refractivity contribution < 1.29 is 14.6 Å². The van der Waals surface area contributed by atoms with E-state index in [0.717, 1.165) is 17.5 Å². The minimum Gasteiger partial charge on any atom is -0.481 e. The lowest BCUT2D eigenvalue weighted by atomic mass is 9.93. The summed E-state index contributed by atoms with van der Waals surface area (Å²) < 4.78 is 4.95. The summed E-state index contributed by atoms with van der Waals surface area (Å²) >= 11 is 0. The number of carbonyl (C=O) groups is 1. The Balaban J connectivity index is 2.61. The van der Waals surface area contributed by atoms with Gasteiger partial charge in [0.25, 0.3) is 0 Å². The Hall–Kier alpha value is -1.35. The average molecular weight is 236 g/mol. The number of hydrogen-bond acceptors (Lipinski definition) is 2. The van der Waals surface area contributed by atoms with E-state index in [2.05, 4.69) is 0 Å². The molecule has 0 heterocycles. The van der Waals surface area contributed by atoms with Crippen LogP contribution in [0.5, 0.6) is 0 Å². The van der Waals surface area contributed by atoms with Gasteiger partial charge in [-0.3, -0.25) is 4.79 Å². The average Bonchev–Trinajstić information content (AvgIpc) is 2.30. The first-order valence-corrected chi connectivity index (χ1v) is 5.91. The van der Waals surface area contributed by atoms with Gasteiger partial charge in [0, 0.05) is 13.7 Å². The fourth-order valence-electron chi connectivity index (χ4n) is 1.89. The fourth-order valence-corrected chi connectivity index (χ4v) is 1.89. The van der Waals surface area contributed by atoms with Crippen molar-refractivity contribution in [1.82, 2.24) is 0 Å². The van der Waals surface area contributed by atoms with Crippen LogP contribution < -0.4 is 0 Å². The van der Waals surface area contributed by atoms with Gasteiger partial charge in [0.15, 0.2) is 0 Å². The van der Waals surface area contributed by atoms with Gasteiger partial charge >= 0.3 is 5.97 Å². The van der Waals surface area contributed by atoms with E-state index in [1.165, 1.54) is 0 Å². The van der Waals surface area contributed by atoms with E-state index >= 15 is 0 Å². The van der Waals surface area contributed by atoms with Crippen LogP contribution in [0.1, 0.15) is 24.0 Å². The molecular formula is C14H20O3. The first-order valence-electron chi connectivity index (χ1n) is 5.91. The van der Waals surface area contributed by atoms with Gasteiger partial charge in [-0.05, 0) is 37.3 Å². The lowest BCUT2D eigenvalue weighted by molar-refractivity contribution is -0.142. The van der Waals surface area contributed by atoms with E-state index in [4.69, 9.17) is 4.74 Å². The van der Waals surface area contributed by atoms with Crippen molar-refractivity contribution in [2.75, 3.05) is 13.7 Å². The first-order chi connectivity index (χ1) is 8.15. The molecule has 3 heteroatoms. The maximum absolute atomic E-state index is 11.2. The van der Waals surface area contributed by atoms with Crippen LogP contribution in [0.25, 0.3) is 0 Å². The van der Waals surface area contributed by atoms with Gasteiger partial charge in [-0.1, -0.05) is 24.3 Å². The van der Waals surface area contributed by atoms with Crippen molar-refractivity contribution in [3.05, 3.63) is 35.4 Å². The second kappa shape index (κ2) is 7.07. The Morgan fingerprint density at radius 1 is 1.41 bits per heavy atom. The zero-order valence-electron chi connectivity index (χ0n) is 10.5. The molecule has 3 nitrogen and oxygen atoms in total. The Kier molecular flexibility index (Phi) is 5.70. The van der Waals surface area contributed by atoms with Crippen molar-refractivity contribution in [3.8, 4) is 0 Å². The summed E-state index contributed by atoms with van der Waals surface area (Å²) in [7, 11) is 1.64. The highest BCUT2D eigenvalue weighted by molar-refractivity contribution is 5.70. The predicted molar refractivity (Wildman–Crippen MR) is 67.1 cm³/mol. The van der Waals surface area contributed by atoms with Crippen molar-refractivity contribution in [1.29, 1.82) is 0 Å². The van der Waals surface area contributed by atoms with Gasteiger partial charge in [0.1, 0.15) is 0 Å². The van der Waals surface area contributed by atoms with Gasteiger partial charge < -0.3 is 9.84 Å². The molecule has 1 unspecified atom stereocenters. The van der Waals surface area contributed by atoms with E-state index in [-0.39, 0.29) is 5.92 Å². The largest absolute Gasteiger partial charge is 0.481 e. The number of hydrogen-bond donors (Lipinski definition) is 1. The molecule has 0 saturated heterocycles. The van der Waals surface area contributed by atoms with E-state index in [1.807, 2.05) is 31.2 Å². The second-order valence-corrected chi connectivity index (χ2v) is 4.30. The van der Waals surface area contributed by atoms with Crippen LogP contribution in [-0.2, 0) is 16.0 Å². The maximum atomic E-state index is 11.2. The van der Waals surface area contributed by atoms with E-state index in [9.17, 15) is 9.90 Å². The highest BCUT2D eigenvalue weighted by atomic mass is 16.5. The molecule has 0 amide bonds. The lowest BCUT2D eigenvalue weighted by Gasteiger charge is -2.13. The third-order valence-corrected chi connectivity index (χ3v) is 2.98. The number of aryl methyl sites for hydroxylation is 1. The first kappa shape index (κ1) is 13.7. The zero-order chi connectivity index (χ0) is 12.7. The van der Waals surface area contributed by atoms with E-state index < -0.39 is 5.97 Å². The molecule has 1 aromatic carbocycles. The van der Waals surface area contributed by atoms with Crippen LogP contribution in [0.2, 0.25) is 0 Å². The quantitative estimate of drug-likeness (QED) is 0.740. The molecule has 0 aliphatic rings. The Morgan fingerprint density at radius 2 is 2.12 bits per heavy atom. The highest BCUT2D eigenvalue weighted by Crippen LogP contribution is 2.17. The number of aliphatic carboxylic acids is 1. The monoisotopic (exact) mass is 236 g/mol. The van der Waals surface area contributed by atoms with Gasteiger partial charge in [-0.15, -0.1) is 0 Å². The molecule has 0 radical (unpaired) electrons. The number of rotatable bonds is 7. The molecule has 0 saturated carbocycles. The summed E-state index contributed by atoms with van der Waals surface area (Å²) in [5.74, 6) is -1.03. The summed E-state index contributed by atoms with van der Waals surface area (Å²) in [6.07, 6.45) is 2.06. The van der Waals surface area contributed by atoms with Crippen molar-refractivity contribution >= 4 is 5.97 Å².